The second kappa shape index (κ2) is 10.1. The molecule has 0 bridgehead atoms. The zero-order valence-corrected chi connectivity index (χ0v) is 16.7. The molecule has 3 amide bonds. The fourth-order valence-corrected chi connectivity index (χ4v) is 3.57. The average Bonchev–Trinajstić information content (AvgIpc) is 2.70. The van der Waals surface area contributed by atoms with Gasteiger partial charge in [0, 0.05) is 13.1 Å². The van der Waals surface area contributed by atoms with Crippen molar-refractivity contribution in [2.24, 2.45) is 11.3 Å². The molecule has 1 atom stereocenters. The largest absolute Gasteiger partial charge is 0.481 e. The second-order valence-electron chi connectivity index (χ2n) is 7.90. The molecule has 0 aliphatic heterocycles. The fraction of sp³-hybridized carbons (Fsp3) is 0.571. The molecule has 0 radical (unpaired) electrons. The van der Waals surface area contributed by atoms with Gasteiger partial charge in [-0.3, -0.25) is 9.59 Å². The molecule has 2 rings (SSSR count). The van der Waals surface area contributed by atoms with Gasteiger partial charge in [0.15, 0.2) is 0 Å². The third-order valence-corrected chi connectivity index (χ3v) is 5.40. The van der Waals surface area contributed by atoms with Crippen molar-refractivity contribution in [1.29, 1.82) is 0 Å². The highest BCUT2D eigenvalue weighted by Crippen LogP contribution is 2.36. The van der Waals surface area contributed by atoms with Crippen molar-refractivity contribution < 1.29 is 19.5 Å². The smallest absolute Gasteiger partial charge is 0.315 e. The number of nitrogens with one attached hydrogen (secondary N) is 3. The van der Waals surface area contributed by atoms with Crippen LogP contribution in [0.4, 0.5) is 4.79 Å². The number of rotatable bonds is 8. The number of amides is 3. The predicted molar refractivity (Wildman–Crippen MR) is 107 cm³/mol. The van der Waals surface area contributed by atoms with E-state index in [1.807, 2.05) is 44.2 Å². The van der Waals surface area contributed by atoms with Gasteiger partial charge in [0.2, 0.25) is 5.91 Å². The first-order chi connectivity index (χ1) is 13.3. The quantitative estimate of drug-likeness (QED) is 0.548. The second-order valence-corrected chi connectivity index (χ2v) is 7.90. The number of carboxylic acid groups (broad SMARTS) is 1. The van der Waals surface area contributed by atoms with E-state index in [4.69, 9.17) is 0 Å². The van der Waals surface area contributed by atoms with Gasteiger partial charge in [0.05, 0.1) is 5.41 Å². The van der Waals surface area contributed by atoms with Gasteiger partial charge in [-0.25, -0.2) is 4.79 Å². The monoisotopic (exact) mass is 389 g/mol. The minimum atomic E-state index is -0.898. The molecule has 0 heterocycles. The summed E-state index contributed by atoms with van der Waals surface area (Å²) in [6.45, 7) is 4.14. The van der Waals surface area contributed by atoms with Gasteiger partial charge >= 0.3 is 12.0 Å². The summed E-state index contributed by atoms with van der Waals surface area (Å²) in [5.74, 6) is -1.34. The van der Waals surface area contributed by atoms with Crippen molar-refractivity contribution in [3.05, 3.63) is 35.9 Å². The molecule has 1 aliphatic rings. The van der Waals surface area contributed by atoms with Crippen molar-refractivity contribution in [3.8, 4) is 0 Å². The number of carboxylic acids is 1. The Balaban J connectivity index is 1.90. The Bertz CT molecular complexity index is 669. The summed E-state index contributed by atoms with van der Waals surface area (Å²) in [6.07, 6.45) is 3.88. The van der Waals surface area contributed by atoms with Crippen molar-refractivity contribution in [2.75, 3.05) is 6.54 Å². The molecule has 0 saturated heterocycles. The van der Waals surface area contributed by atoms with Gasteiger partial charge in [-0.15, -0.1) is 0 Å². The lowest BCUT2D eigenvalue weighted by Crippen LogP contribution is -2.54. The predicted octanol–water partition coefficient (Wildman–Crippen LogP) is 2.66. The number of aliphatic carboxylic acids is 1. The summed E-state index contributed by atoms with van der Waals surface area (Å²) >= 11 is 0. The van der Waals surface area contributed by atoms with Gasteiger partial charge in [0.1, 0.15) is 6.04 Å². The van der Waals surface area contributed by atoms with Crippen molar-refractivity contribution in [3.63, 3.8) is 0 Å². The van der Waals surface area contributed by atoms with Crippen molar-refractivity contribution in [2.45, 2.75) is 58.5 Å². The Hall–Kier alpha value is -2.57. The average molecular weight is 389 g/mol. The molecule has 0 spiro atoms. The lowest BCUT2D eigenvalue weighted by molar-refractivity contribution is -0.151. The Labute approximate surface area is 166 Å². The Kier molecular flexibility index (Phi) is 7.84. The molecule has 1 unspecified atom stereocenters. The standard InChI is InChI=1S/C21H31N3O4/c1-15(2)17(24-20(28)22-13-16-9-5-3-6-10-16)18(25)23-14-21(19(26)27)11-7-4-8-12-21/h3,5-6,9-10,15,17H,4,7-8,11-14H2,1-2H3,(H,23,25)(H,26,27)(H2,22,24,28). The number of carbonyl (C=O) groups is 3. The number of benzene rings is 1. The first kappa shape index (κ1) is 21.7. The van der Waals surface area contributed by atoms with E-state index >= 15 is 0 Å². The maximum Gasteiger partial charge on any atom is 0.315 e. The van der Waals surface area contributed by atoms with E-state index in [1.165, 1.54) is 0 Å². The number of hydrogen-bond acceptors (Lipinski definition) is 3. The van der Waals surface area contributed by atoms with Crippen LogP contribution in [0, 0.1) is 11.3 Å². The Morgan fingerprint density at radius 1 is 1.04 bits per heavy atom. The molecule has 0 aromatic heterocycles. The summed E-state index contributed by atoms with van der Waals surface area (Å²) in [5, 5.41) is 17.9. The fourth-order valence-electron chi connectivity index (χ4n) is 3.57. The molecule has 1 saturated carbocycles. The van der Waals surface area contributed by atoms with E-state index in [0.29, 0.717) is 19.4 Å². The Morgan fingerprint density at radius 3 is 2.25 bits per heavy atom. The van der Waals surface area contributed by atoms with Crippen LogP contribution in [-0.2, 0) is 16.1 Å². The molecule has 7 nitrogen and oxygen atoms in total. The Morgan fingerprint density at radius 2 is 1.68 bits per heavy atom. The normalized spacial score (nSPS) is 16.8. The van der Waals surface area contributed by atoms with Crippen LogP contribution in [0.5, 0.6) is 0 Å². The van der Waals surface area contributed by atoms with Gasteiger partial charge in [-0.1, -0.05) is 63.4 Å². The van der Waals surface area contributed by atoms with Crippen LogP contribution in [0.25, 0.3) is 0 Å². The summed E-state index contributed by atoms with van der Waals surface area (Å²) < 4.78 is 0. The zero-order valence-electron chi connectivity index (χ0n) is 16.7. The molecular weight excluding hydrogens is 358 g/mol. The van der Waals surface area contributed by atoms with E-state index in [9.17, 15) is 19.5 Å². The summed E-state index contributed by atoms with van der Waals surface area (Å²) in [7, 11) is 0. The highest BCUT2D eigenvalue weighted by atomic mass is 16.4. The van der Waals surface area contributed by atoms with Gasteiger partial charge in [-0.05, 0) is 24.3 Å². The molecule has 1 aromatic carbocycles. The maximum atomic E-state index is 12.7. The number of hydrogen-bond donors (Lipinski definition) is 4. The molecule has 154 valence electrons. The highest BCUT2D eigenvalue weighted by molar-refractivity contribution is 5.87. The molecule has 7 heteroatoms. The molecule has 4 N–H and O–H groups in total. The highest BCUT2D eigenvalue weighted by Gasteiger charge is 2.40. The van der Waals surface area contributed by atoms with Gasteiger partial charge in [-0.2, -0.15) is 0 Å². The van der Waals surface area contributed by atoms with Crippen LogP contribution in [0.2, 0.25) is 0 Å². The molecular formula is C21H31N3O4. The molecule has 1 fully saturated rings. The molecule has 1 aliphatic carbocycles. The van der Waals surface area contributed by atoms with Crippen molar-refractivity contribution >= 4 is 17.9 Å². The van der Waals surface area contributed by atoms with Crippen LogP contribution < -0.4 is 16.0 Å². The van der Waals surface area contributed by atoms with Gasteiger partial charge < -0.3 is 21.1 Å². The van der Waals surface area contributed by atoms with Crippen LogP contribution >= 0.6 is 0 Å². The van der Waals surface area contributed by atoms with Crippen LogP contribution in [0.3, 0.4) is 0 Å². The lowest BCUT2D eigenvalue weighted by Gasteiger charge is -2.34. The van der Waals surface area contributed by atoms with E-state index in [-0.39, 0.29) is 18.4 Å². The number of carbonyl (C=O) groups excluding carboxylic acids is 2. The van der Waals surface area contributed by atoms with E-state index in [0.717, 1.165) is 24.8 Å². The van der Waals surface area contributed by atoms with E-state index in [1.54, 1.807) is 0 Å². The van der Waals surface area contributed by atoms with Crippen LogP contribution in [0.1, 0.15) is 51.5 Å². The third-order valence-electron chi connectivity index (χ3n) is 5.40. The summed E-state index contributed by atoms with van der Waals surface area (Å²) in [5.41, 5.74) is 0.0641. The first-order valence-electron chi connectivity index (χ1n) is 9.93. The van der Waals surface area contributed by atoms with E-state index in [2.05, 4.69) is 16.0 Å². The molecule has 1 aromatic rings. The van der Waals surface area contributed by atoms with Crippen LogP contribution in [-0.4, -0.2) is 35.6 Å². The SMILES string of the molecule is CC(C)C(NC(=O)NCc1ccccc1)C(=O)NCC1(C(=O)O)CCCCC1. The zero-order chi connectivity index (χ0) is 20.6. The first-order valence-corrected chi connectivity index (χ1v) is 9.93. The maximum absolute atomic E-state index is 12.7. The molecule has 28 heavy (non-hydrogen) atoms. The summed E-state index contributed by atoms with van der Waals surface area (Å²) in [4.78, 5) is 36.6. The number of urea groups is 1. The third kappa shape index (κ3) is 5.97. The minimum absolute atomic E-state index is 0.0949. The van der Waals surface area contributed by atoms with E-state index < -0.39 is 23.5 Å². The minimum Gasteiger partial charge on any atom is -0.481 e. The topological polar surface area (TPSA) is 108 Å². The van der Waals surface area contributed by atoms with Gasteiger partial charge in [0.25, 0.3) is 0 Å². The summed E-state index contributed by atoms with van der Waals surface area (Å²) in [6, 6.07) is 8.34. The van der Waals surface area contributed by atoms with Crippen molar-refractivity contribution in [1.82, 2.24) is 16.0 Å². The van der Waals surface area contributed by atoms with Crippen LogP contribution in [0.15, 0.2) is 30.3 Å². The lowest BCUT2D eigenvalue weighted by atomic mass is 9.74.